The number of nitrogens with zero attached hydrogens (tertiary/aromatic N) is 5. The fraction of sp³-hybridized carbons (Fsp3) is 0.571. The Morgan fingerprint density at radius 2 is 2.03 bits per heavy atom. The van der Waals surface area contributed by atoms with Crippen molar-refractivity contribution in [3.05, 3.63) is 29.8 Å². The SMILES string of the molecule is Cc1nnc(-c2ccc3c(c2)nc(CCl)n3CC2CCO2)n1COCC[Si](C)(C)C. The van der Waals surface area contributed by atoms with E-state index in [9.17, 15) is 0 Å². The molecular formula is C21H30ClN5O2Si. The van der Waals surface area contributed by atoms with Gasteiger partial charge in [0.05, 0.1) is 29.6 Å². The molecule has 0 saturated carbocycles. The predicted octanol–water partition coefficient (Wildman–Crippen LogP) is 4.44. The topological polar surface area (TPSA) is 67.0 Å². The third kappa shape index (κ3) is 4.61. The van der Waals surface area contributed by atoms with Crippen LogP contribution < -0.4 is 0 Å². The highest BCUT2D eigenvalue weighted by Crippen LogP contribution is 2.27. The van der Waals surface area contributed by atoms with Gasteiger partial charge in [-0.25, -0.2) is 4.98 Å². The maximum Gasteiger partial charge on any atom is 0.165 e. The molecule has 0 N–H and O–H groups in total. The van der Waals surface area contributed by atoms with Gasteiger partial charge in [0.25, 0.3) is 0 Å². The average molecular weight is 448 g/mol. The van der Waals surface area contributed by atoms with Crippen molar-refractivity contribution in [3.8, 4) is 11.4 Å². The molecule has 9 heteroatoms. The van der Waals surface area contributed by atoms with Crippen LogP contribution in [0.5, 0.6) is 0 Å². The lowest BCUT2D eigenvalue weighted by Crippen LogP contribution is -2.31. The molecule has 1 aliphatic rings. The van der Waals surface area contributed by atoms with E-state index in [1.165, 1.54) is 0 Å². The molecule has 1 aliphatic heterocycles. The number of ether oxygens (including phenoxy) is 2. The summed E-state index contributed by atoms with van der Waals surface area (Å²) in [5.74, 6) is 2.88. The maximum absolute atomic E-state index is 6.17. The van der Waals surface area contributed by atoms with E-state index in [2.05, 4.69) is 52.6 Å². The Morgan fingerprint density at radius 1 is 1.23 bits per heavy atom. The summed E-state index contributed by atoms with van der Waals surface area (Å²) in [6, 6.07) is 7.36. The molecule has 0 bridgehead atoms. The van der Waals surface area contributed by atoms with Crippen molar-refractivity contribution in [1.29, 1.82) is 0 Å². The monoisotopic (exact) mass is 447 g/mol. The smallest absolute Gasteiger partial charge is 0.165 e. The molecule has 0 spiro atoms. The van der Waals surface area contributed by atoms with Crippen LogP contribution in [0.15, 0.2) is 18.2 Å². The zero-order chi connectivity index (χ0) is 21.3. The Kier molecular flexibility index (Phi) is 6.29. The second kappa shape index (κ2) is 8.78. The number of halogens is 1. The van der Waals surface area contributed by atoms with Crippen molar-refractivity contribution < 1.29 is 9.47 Å². The van der Waals surface area contributed by atoms with E-state index in [0.29, 0.717) is 12.6 Å². The van der Waals surface area contributed by atoms with E-state index in [1.807, 2.05) is 11.5 Å². The van der Waals surface area contributed by atoms with Crippen LogP contribution in [0.1, 0.15) is 18.1 Å². The minimum atomic E-state index is -1.11. The van der Waals surface area contributed by atoms with Gasteiger partial charge in [0.1, 0.15) is 18.4 Å². The van der Waals surface area contributed by atoms with Crippen LogP contribution in [0, 0.1) is 6.92 Å². The zero-order valence-corrected chi connectivity index (χ0v) is 19.9. The number of aryl methyl sites for hydroxylation is 1. The van der Waals surface area contributed by atoms with E-state index in [1.54, 1.807) is 0 Å². The summed E-state index contributed by atoms with van der Waals surface area (Å²) in [6.45, 7) is 11.9. The van der Waals surface area contributed by atoms with Gasteiger partial charge in [0, 0.05) is 26.9 Å². The minimum Gasteiger partial charge on any atom is -0.376 e. The van der Waals surface area contributed by atoms with Gasteiger partial charge in [0.15, 0.2) is 5.82 Å². The number of rotatable bonds is 9. The number of imidazole rings is 1. The molecule has 1 saturated heterocycles. The molecule has 1 unspecified atom stereocenters. The Hall–Kier alpha value is -1.74. The molecule has 3 heterocycles. The van der Waals surface area contributed by atoms with Gasteiger partial charge < -0.3 is 14.0 Å². The molecule has 30 heavy (non-hydrogen) atoms. The van der Waals surface area contributed by atoms with Crippen molar-refractivity contribution in [2.24, 2.45) is 0 Å². The minimum absolute atomic E-state index is 0.253. The second-order valence-corrected chi connectivity index (χ2v) is 15.0. The standard InChI is InChI=1S/C21H30ClN5O2Si/c1-15-24-25-21(27(15)14-28-9-10-30(2,3)4)16-5-6-19-18(11-16)23-20(12-22)26(19)13-17-7-8-29-17/h5-6,11,17H,7-10,12-14H2,1-4H3. The van der Waals surface area contributed by atoms with Gasteiger partial charge in [-0.3, -0.25) is 4.57 Å². The number of aromatic nitrogens is 5. The van der Waals surface area contributed by atoms with Crippen molar-refractivity contribution in [1.82, 2.24) is 24.3 Å². The normalized spacial score (nSPS) is 16.9. The second-order valence-electron chi connectivity index (χ2n) is 9.10. The highest BCUT2D eigenvalue weighted by atomic mass is 35.5. The molecule has 0 radical (unpaired) electrons. The quantitative estimate of drug-likeness (QED) is 0.275. The van der Waals surface area contributed by atoms with Crippen molar-refractivity contribution >= 4 is 30.7 Å². The van der Waals surface area contributed by atoms with Gasteiger partial charge >= 0.3 is 0 Å². The highest BCUT2D eigenvalue weighted by Gasteiger charge is 2.22. The van der Waals surface area contributed by atoms with Crippen LogP contribution in [0.3, 0.4) is 0 Å². The fourth-order valence-corrected chi connectivity index (χ4v) is 4.50. The number of hydrogen-bond acceptors (Lipinski definition) is 5. The summed E-state index contributed by atoms with van der Waals surface area (Å²) in [5, 5.41) is 8.68. The molecule has 4 rings (SSSR count). The van der Waals surface area contributed by atoms with Gasteiger partial charge in [0.2, 0.25) is 0 Å². The van der Waals surface area contributed by atoms with E-state index in [4.69, 9.17) is 26.1 Å². The summed E-state index contributed by atoms with van der Waals surface area (Å²) in [7, 11) is -1.11. The van der Waals surface area contributed by atoms with Gasteiger partial charge in [-0.1, -0.05) is 19.6 Å². The molecule has 0 amide bonds. The molecule has 2 aromatic heterocycles. The summed E-state index contributed by atoms with van der Waals surface area (Å²) < 4.78 is 15.8. The van der Waals surface area contributed by atoms with Gasteiger partial charge in [-0.15, -0.1) is 21.8 Å². The van der Waals surface area contributed by atoms with Crippen LogP contribution in [0.4, 0.5) is 0 Å². The number of benzene rings is 1. The Balaban J connectivity index is 1.57. The first-order valence-electron chi connectivity index (χ1n) is 10.5. The van der Waals surface area contributed by atoms with Crippen molar-refractivity contribution in [3.63, 3.8) is 0 Å². The molecule has 7 nitrogen and oxygen atoms in total. The van der Waals surface area contributed by atoms with E-state index < -0.39 is 8.07 Å². The Bertz CT molecular complexity index is 1020. The summed E-state index contributed by atoms with van der Waals surface area (Å²) >= 11 is 6.17. The van der Waals surface area contributed by atoms with E-state index in [-0.39, 0.29) is 6.10 Å². The summed E-state index contributed by atoms with van der Waals surface area (Å²) in [6.07, 6.45) is 1.34. The third-order valence-corrected chi connectivity index (χ3v) is 7.48. The van der Waals surface area contributed by atoms with Crippen LogP contribution in [-0.2, 0) is 28.6 Å². The van der Waals surface area contributed by atoms with Crippen LogP contribution in [0.25, 0.3) is 22.4 Å². The molecule has 1 aromatic carbocycles. The zero-order valence-electron chi connectivity index (χ0n) is 18.2. The molecule has 3 aromatic rings. The third-order valence-electron chi connectivity index (χ3n) is 5.54. The first-order chi connectivity index (χ1) is 14.4. The van der Waals surface area contributed by atoms with E-state index >= 15 is 0 Å². The number of alkyl halides is 1. The largest absolute Gasteiger partial charge is 0.376 e. The molecule has 0 aliphatic carbocycles. The fourth-order valence-electron chi connectivity index (χ4n) is 3.54. The number of fused-ring (bicyclic) bond motifs is 1. The highest BCUT2D eigenvalue weighted by molar-refractivity contribution is 6.76. The Morgan fingerprint density at radius 3 is 2.70 bits per heavy atom. The molecule has 1 fully saturated rings. The van der Waals surface area contributed by atoms with Crippen LogP contribution in [0.2, 0.25) is 25.7 Å². The van der Waals surface area contributed by atoms with E-state index in [0.717, 1.165) is 66.3 Å². The number of hydrogen-bond donors (Lipinski definition) is 0. The lowest BCUT2D eigenvalue weighted by molar-refractivity contribution is -0.0589. The van der Waals surface area contributed by atoms with Crippen LogP contribution >= 0.6 is 11.6 Å². The lowest BCUT2D eigenvalue weighted by atomic mass is 10.1. The summed E-state index contributed by atoms with van der Waals surface area (Å²) in [4.78, 5) is 4.76. The van der Waals surface area contributed by atoms with Crippen LogP contribution in [-0.4, -0.2) is 51.7 Å². The van der Waals surface area contributed by atoms with Gasteiger partial charge in [-0.2, -0.15) is 0 Å². The molecular weight excluding hydrogens is 418 g/mol. The first kappa shape index (κ1) is 21.5. The van der Waals surface area contributed by atoms with Gasteiger partial charge in [-0.05, 0) is 37.6 Å². The first-order valence-corrected chi connectivity index (χ1v) is 14.7. The maximum atomic E-state index is 6.17. The molecule has 1 atom stereocenters. The molecule has 162 valence electrons. The lowest BCUT2D eigenvalue weighted by Gasteiger charge is -2.27. The Labute approximate surface area is 183 Å². The average Bonchev–Trinajstić information content (AvgIpc) is 3.20. The predicted molar refractivity (Wildman–Crippen MR) is 122 cm³/mol. The van der Waals surface area contributed by atoms with Crippen molar-refractivity contribution in [2.75, 3.05) is 13.2 Å². The van der Waals surface area contributed by atoms with Crippen molar-refractivity contribution in [2.45, 2.75) is 64.3 Å². The summed E-state index contributed by atoms with van der Waals surface area (Å²) in [5.41, 5.74) is 2.95.